The van der Waals surface area contributed by atoms with Gasteiger partial charge in [-0.05, 0) is 72.2 Å². The zero-order valence-corrected chi connectivity index (χ0v) is 17.8. The lowest BCUT2D eigenvalue weighted by Gasteiger charge is -2.51. The molecule has 0 aliphatic heterocycles. The lowest BCUT2D eigenvalue weighted by atomic mass is 9.53. The van der Waals surface area contributed by atoms with Gasteiger partial charge in [0, 0.05) is 12.0 Å². The van der Waals surface area contributed by atoms with Crippen LogP contribution in [-0.4, -0.2) is 5.78 Å². The highest BCUT2D eigenvalue weighted by molar-refractivity contribution is 5.99. The number of rotatable bonds is 5. The first-order valence-electron chi connectivity index (χ1n) is 11.5. The van der Waals surface area contributed by atoms with Crippen LogP contribution in [0.2, 0.25) is 0 Å². The Balaban J connectivity index is 1.52. The summed E-state index contributed by atoms with van der Waals surface area (Å²) < 4.78 is 0. The number of carbonyl (C=O) groups is 1. The smallest absolute Gasteiger partial charge is 0.163 e. The van der Waals surface area contributed by atoms with Crippen molar-refractivity contribution in [2.75, 3.05) is 0 Å². The van der Waals surface area contributed by atoms with E-state index in [1.165, 1.54) is 50.5 Å². The van der Waals surface area contributed by atoms with Crippen molar-refractivity contribution in [2.45, 2.75) is 85.0 Å². The van der Waals surface area contributed by atoms with Crippen molar-refractivity contribution in [3.05, 3.63) is 35.4 Å². The maximum atomic E-state index is 12.9. The van der Waals surface area contributed by atoms with Crippen LogP contribution in [0.1, 0.15) is 101 Å². The molecule has 1 aromatic carbocycles. The normalized spacial score (nSPS) is 36.3. The highest BCUT2D eigenvalue weighted by Crippen LogP contribution is 2.64. The monoisotopic (exact) mass is 366 g/mol. The zero-order valence-electron chi connectivity index (χ0n) is 17.8. The standard InChI is InChI=1S/C26H38O/c1-17(2)8-7-9-18(3)23-12-13-24-22-16-25(27)21-11-6-5-10-19(21)20(22)14-15-26(23,24)4/h5-6,10-11,17-18,20,22-24H,7-9,12-16H2,1-4H3/t18-,20-,22-,23-,24+,26-/m1/s1. The summed E-state index contributed by atoms with van der Waals surface area (Å²) in [6, 6.07) is 8.48. The largest absolute Gasteiger partial charge is 0.294 e. The van der Waals surface area contributed by atoms with Gasteiger partial charge >= 0.3 is 0 Å². The van der Waals surface area contributed by atoms with Gasteiger partial charge in [0.05, 0.1) is 0 Å². The highest BCUT2D eigenvalue weighted by atomic mass is 16.1. The molecule has 0 radical (unpaired) electrons. The van der Waals surface area contributed by atoms with Crippen LogP contribution in [-0.2, 0) is 0 Å². The van der Waals surface area contributed by atoms with Gasteiger partial charge in [0.15, 0.2) is 5.78 Å². The van der Waals surface area contributed by atoms with Crippen LogP contribution < -0.4 is 0 Å². The summed E-state index contributed by atoms with van der Waals surface area (Å²) in [5.74, 6) is 4.92. The van der Waals surface area contributed by atoms with Gasteiger partial charge in [-0.15, -0.1) is 0 Å². The molecule has 0 unspecified atom stereocenters. The van der Waals surface area contributed by atoms with Crippen LogP contribution in [0.5, 0.6) is 0 Å². The Hall–Kier alpha value is -1.11. The minimum atomic E-state index is 0.407. The van der Waals surface area contributed by atoms with Crippen molar-refractivity contribution in [1.82, 2.24) is 0 Å². The van der Waals surface area contributed by atoms with E-state index < -0.39 is 0 Å². The Kier molecular flexibility index (Phi) is 5.25. The Morgan fingerprint density at radius 3 is 2.63 bits per heavy atom. The van der Waals surface area contributed by atoms with E-state index in [1.807, 2.05) is 6.07 Å². The fraction of sp³-hybridized carbons (Fsp3) is 0.731. The predicted octanol–water partition coefficient (Wildman–Crippen LogP) is 7.26. The van der Waals surface area contributed by atoms with Gasteiger partial charge < -0.3 is 0 Å². The summed E-state index contributed by atoms with van der Waals surface area (Å²) in [6.45, 7) is 9.80. The van der Waals surface area contributed by atoms with Crippen LogP contribution in [0, 0.1) is 35.0 Å². The number of Topliss-reactive ketones (excluding diaryl/α,β-unsaturated/α-hetero) is 1. The molecule has 2 saturated carbocycles. The third kappa shape index (κ3) is 3.30. The van der Waals surface area contributed by atoms with E-state index in [1.54, 1.807) is 0 Å². The molecule has 0 N–H and O–H groups in total. The van der Waals surface area contributed by atoms with E-state index in [0.717, 1.165) is 35.7 Å². The van der Waals surface area contributed by atoms with Gasteiger partial charge in [0.2, 0.25) is 0 Å². The number of carbonyl (C=O) groups excluding carboxylic acids is 1. The summed E-state index contributed by atoms with van der Waals surface area (Å²) in [5.41, 5.74) is 2.86. The minimum Gasteiger partial charge on any atom is -0.294 e. The number of fused-ring (bicyclic) bond motifs is 5. The second-order valence-electron chi connectivity index (χ2n) is 10.6. The highest BCUT2D eigenvalue weighted by Gasteiger charge is 2.56. The molecule has 0 bridgehead atoms. The lowest BCUT2D eigenvalue weighted by molar-refractivity contribution is 0.0109. The van der Waals surface area contributed by atoms with Crippen LogP contribution >= 0.6 is 0 Å². The molecule has 1 heteroatoms. The van der Waals surface area contributed by atoms with Gasteiger partial charge in [0.25, 0.3) is 0 Å². The van der Waals surface area contributed by atoms with Crippen LogP contribution in [0.15, 0.2) is 24.3 Å². The summed E-state index contributed by atoms with van der Waals surface area (Å²) in [4.78, 5) is 12.9. The summed E-state index contributed by atoms with van der Waals surface area (Å²) in [5, 5.41) is 0. The molecule has 148 valence electrons. The van der Waals surface area contributed by atoms with Gasteiger partial charge in [-0.25, -0.2) is 0 Å². The Morgan fingerprint density at radius 2 is 1.85 bits per heavy atom. The Bertz CT molecular complexity index is 689. The molecule has 1 nitrogen and oxygen atoms in total. The summed E-state index contributed by atoms with van der Waals surface area (Å²) in [6.07, 6.45) is 10.3. The average Bonchev–Trinajstić information content (AvgIpc) is 2.99. The van der Waals surface area contributed by atoms with Gasteiger partial charge in [-0.2, -0.15) is 0 Å². The van der Waals surface area contributed by atoms with Gasteiger partial charge in [-0.3, -0.25) is 4.79 Å². The molecule has 3 aliphatic carbocycles. The summed E-state index contributed by atoms with van der Waals surface area (Å²) >= 11 is 0. The molecule has 0 heterocycles. The number of hydrogen-bond acceptors (Lipinski definition) is 1. The first kappa shape index (κ1) is 19.2. The first-order valence-corrected chi connectivity index (χ1v) is 11.5. The molecule has 0 saturated heterocycles. The number of benzene rings is 1. The summed E-state index contributed by atoms with van der Waals surface area (Å²) in [7, 11) is 0. The predicted molar refractivity (Wildman–Crippen MR) is 113 cm³/mol. The third-order valence-corrected chi connectivity index (χ3v) is 8.72. The SMILES string of the molecule is CC(C)CCC[C@@H](C)[C@H]1CC[C@H]2[C@@H]3CC(=O)c4ccccc4[C@H]3CC[C@]12C. The second kappa shape index (κ2) is 7.37. The van der Waals surface area contributed by atoms with E-state index in [-0.39, 0.29) is 0 Å². The maximum absolute atomic E-state index is 12.9. The molecule has 0 amide bonds. The van der Waals surface area contributed by atoms with Crippen molar-refractivity contribution in [1.29, 1.82) is 0 Å². The molecule has 0 aromatic heterocycles. The van der Waals surface area contributed by atoms with E-state index in [0.29, 0.717) is 23.0 Å². The molecule has 0 spiro atoms. The number of ketones is 1. The fourth-order valence-corrected chi connectivity index (χ4v) is 7.38. The molecular formula is C26H38O. The van der Waals surface area contributed by atoms with Crippen molar-refractivity contribution in [2.24, 2.45) is 35.0 Å². The van der Waals surface area contributed by atoms with E-state index in [9.17, 15) is 4.79 Å². The van der Waals surface area contributed by atoms with Gasteiger partial charge in [-0.1, -0.05) is 71.2 Å². The quantitative estimate of drug-likeness (QED) is 0.536. The number of hydrogen-bond donors (Lipinski definition) is 0. The van der Waals surface area contributed by atoms with Crippen molar-refractivity contribution in [3.63, 3.8) is 0 Å². The average molecular weight is 367 g/mol. The van der Waals surface area contributed by atoms with E-state index in [2.05, 4.69) is 45.9 Å². The van der Waals surface area contributed by atoms with Crippen molar-refractivity contribution >= 4 is 5.78 Å². The molecule has 2 fully saturated rings. The van der Waals surface area contributed by atoms with Crippen LogP contribution in [0.4, 0.5) is 0 Å². The van der Waals surface area contributed by atoms with E-state index >= 15 is 0 Å². The molecule has 27 heavy (non-hydrogen) atoms. The third-order valence-electron chi connectivity index (χ3n) is 8.72. The molecule has 6 atom stereocenters. The molecular weight excluding hydrogens is 328 g/mol. The minimum absolute atomic E-state index is 0.407. The van der Waals surface area contributed by atoms with E-state index in [4.69, 9.17) is 0 Å². The zero-order chi connectivity index (χ0) is 19.2. The Labute approximate surface area is 166 Å². The second-order valence-corrected chi connectivity index (χ2v) is 10.6. The maximum Gasteiger partial charge on any atom is 0.163 e. The fourth-order valence-electron chi connectivity index (χ4n) is 7.38. The first-order chi connectivity index (χ1) is 12.9. The van der Waals surface area contributed by atoms with Crippen LogP contribution in [0.25, 0.3) is 0 Å². The Morgan fingerprint density at radius 1 is 1.07 bits per heavy atom. The van der Waals surface area contributed by atoms with Crippen LogP contribution in [0.3, 0.4) is 0 Å². The lowest BCUT2D eigenvalue weighted by Crippen LogP contribution is -2.44. The van der Waals surface area contributed by atoms with Crippen molar-refractivity contribution in [3.8, 4) is 0 Å². The molecule has 3 aliphatic rings. The van der Waals surface area contributed by atoms with Crippen molar-refractivity contribution < 1.29 is 4.79 Å². The van der Waals surface area contributed by atoms with Gasteiger partial charge in [0.1, 0.15) is 0 Å². The molecule has 1 aromatic rings. The molecule has 4 rings (SSSR count). The topological polar surface area (TPSA) is 17.1 Å².